The molecule has 0 spiro atoms. The summed E-state index contributed by atoms with van der Waals surface area (Å²) in [5.74, 6) is 0.408. The quantitative estimate of drug-likeness (QED) is 0.245. The van der Waals surface area contributed by atoms with Crippen LogP contribution in [0.4, 0.5) is 11.4 Å². The van der Waals surface area contributed by atoms with Crippen LogP contribution in [0.25, 0.3) is 22.6 Å². The van der Waals surface area contributed by atoms with Crippen LogP contribution in [-0.4, -0.2) is 28.0 Å². The first-order valence-corrected chi connectivity index (χ1v) is 10.2. The van der Waals surface area contributed by atoms with Crippen molar-refractivity contribution in [2.75, 3.05) is 12.4 Å². The Morgan fingerprint density at radius 2 is 1.94 bits per heavy atom. The normalized spacial score (nSPS) is 10.6. The fourth-order valence-electron chi connectivity index (χ4n) is 3.20. The van der Waals surface area contributed by atoms with Crippen LogP contribution in [0.15, 0.2) is 65.1 Å². The summed E-state index contributed by atoms with van der Waals surface area (Å²) in [6, 6.07) is 16.5. The number of hydrogen-bond acceptors (Lipinski definition) is 7. The SMILES string of the molecule is COc1ccc2oc(-c3ccc(C)c(NC(=S)NC(=O)c4ccccc4[N+](=O)[O-])c3)nc2c1. The van der Waals surface area contributed by atoms with E-state index in [1.807, 2.05) is 19.1 Å². The maximum atomic E-state index is 12.5. The summed E-state index contributed by atoms with van der Waals surface area (Å²) in [6.45, 7) is 1.87. The molecule has 4 rings (SSSR count). The summed E-state index contributed by atoms with van der Waals surface area (Å²) in [6.07, 6.45) is 0. The van der Waals surface area contributed by atoms with Gasteiger partial charge in [-0.3, -0.25) is 20.2 Å². The van der Waals surface area contributed by atoms with E-state index in [4.69, 9.17) is 21.4 Å². The highest BCUT2D eigenvalue weighted by atomic mass is 32.1. The van der Waals surface area contributed by atoms with E-state index < -0.39 is 10.8 Å². The van der Waals surface area contributed by atoms with Crippen molar-refractivity contribution in [3.63, 3.8) is 0 Å². The summed E-state index contributed by atoms with van der Waals surface area (Å²) >= 11 is 5.26. The predicted molar refractivity (Wildman–Crippen MR) is 128 cm³/mol. The Labute approximate surface area is 193 Å². The number of nitro benzene ring substituents is 1. The number of aromatic nitrogens is 1. The number of thiocarbonyl (C=S) groups is 1. The summed E-state index contributed by atoms with van der Waals surface area (Å²) in [7, 11) is 1.58. The van der Waals surface area contributed by atoms with Gasteiger partial charge in [-0.25, -0.2) is 4.98 Å². The number of nitrogens with one attached hydrogen (secondary N) is 2. The van der Waals surface area contributed by atoms with Crippen molar-refractivity contribution < 1.29 is 18.9 Å². The average Bonchev–Trinajstić information content (AvgIpc) is 3.23. The lowest BCUT2D eigenvalue weighted by molar-refractivity contribution is -0.385. The van der Waals surface area contributed by atoms with Gasteiger partial charge in [0.2, 0.25) is 5.89 Å². The lowest BCUT2D eigenvalue weighted by atomic mass is 10.1. The van der Waals surface area contributed by atoms with Gasteiger partial charge in [0.1, 0.15) is 16.8 Å². The number of hydrogen-bond donors (Lipinski definition) is 2. The van der Waals surface area contributed by atoms with Crippen LogP contribution >= 0.6 is 12.2 Å². The van der Waals surface area contributed by atoms with Gasteiger partial charge in [0.25, 0.3) is 11.6 Å². The van der Waals surface area contributed by atoms with E-state index in [1.54, 1.807) is 37.4 Å². The van der Waals surface area contributed by atoms with E-state index >= 15 is 0 Å². The molecular weight excluding hydrogens is 444 g/mol. The number of nitrogens with zero attached hydrogens (tertiary/aromatic N) is 2. The molecule has 9 nitrogen and oxygen atoms in total. The number of oxazole rings is 1. The van der Waals surface area contributed by atoms with Crippen LogP contribution in [0, 0.1) is 17.0 Å². The third-order valence-electron chi connectivity index (χ3n) is 4.90. The van der Waals surface area contributed by atoms with Gasteiger partial charge in [0.05, 0.1) is 12.0 Å². The number of nitro groups is 1. The third kappa shape index (κ3) is 4.65. The maximum Gasteiger partial charge on any atom is 0.282 e. The molecule has 0 radical (unpaired) electrons. The molecule has 0 atom stereocenters. The van der Waals surface area contributed by atoms with Gasteiger partial charge in [-0.05, 0) is 55.0 Å². The minimum atomic E-state index is -0.679. The number of rotatable bonds is 5. The van der Waals surface area contributed by atoms with E-state index in [-0.39, 0.29) is 16.4 Å². The first-order valence-electron chi connectivity index (χ1n) is 9.77. The monoisotopic (exact) mass is 462 g/mol. The topological polar surface area (TPSA) is 120 Å². The van der Waals surface area contributed by atoms with Crippen molar-refractivity contribution >= 4 is 45.7 Å². The molecule has 1 aromatic heterocycles. The molecule has 0 saturated carbocycles. The Balaban J connectivity index is 1.54. The number of benzene rings is 3. The van der Waals surface area contributed by atoms with E-state index in [1.165, 1.54) is 18.2 Å². The largest absolute Gasteiger partial charge is 0.497 e. The smallest absolute Gasteiger partial charge is 0.282 e. The lowest BCUT2D eigenvalue weighted by Crippen LogP contribution is -2.34. The molecule has 33 heavy (non-hydrogen) atoms. The summed E-state index contributed by atoms with van der Waals surface area (Å²) < 4.78 is 11.1. The summed E-state index contributed by atoms with van der Waals surface area (Å²) in [5, 5.41) is 16.6. The number of carbonyl (C=O) groups is 1. The molecular formula is C23H18N4O5S. The Bertz CT molecular complexity index is 1400. The van der Waals surface area contributed by atoms with Gasteiger partial charge in [0, 0.05) is 23.4 Å². The molecule has 4 aromatic rings. The second-order valence-electron chi connectivity index (χ2n) is 7.06. The molecule has 166 valence electrons. The van der Waals surface area contributed by atoms with Crippen LogP contribution in [0.2, 0.25) is 0 Å². The van der Waals surface area contributed by atoms with Gasteiger partial charge in [-0.1, -0.05) is 18.2 Å². The van der Waals surface area contributed by atoms with Gasteiger partial charge >= 0.3 is 0 Å². The number of fused-ring (bicyclic) bond motifs is 1. The highest BCUT2D eigenvalue weighted by Crippen LogP contribution is 2.29. The van der Waals surface area contributed by atoms with Gasteiger partial charge in [-0.15, -0.1) is 0 Å². The fraction of sp³-hybridized carbons (Fsp3) is 0.0870. The minimum Gasteiger partial charge on any atom is -0.497 e. The molecule has 1 heterocycles. The summed E-state index contributed by atoms with van der Waals surface area (Å²) in [4.78, 5) is 27.6. The molecule has 0 bridgehead atoms. The number of methoxy groups -OCH3 is 1. The van der Waals surface area contributed by atoms with Gasteiger partial charge in [-0.2, -0.15) is 0 Å². The third-order valence-corrected chi connectivity index (χ3v) is 5.10. The lowest BCUT2D eigenvalue weighted by Gasteiger charge is -2.12. The molecule has 0 fully saturated rings. The number of aryl methyl sites for hydroxylation is 1. The van der Waals surface area contributed by atoms with Crippen molar-refractivity contribution in [3.8, 4) is 17.2 Å². The maximum absolute atomic E-state index is 12.5. The van der Waals surface area contributed by atoms with Crippen molar-refractivity contribution in [2.45, 2.75) is 6.92 Å². The van der Waals surface area contributed by atoms with Crippen LogP contribution < -0.4 is 15.4 Å². The molecule has 0 aliphatic rings. The number of amides is 1. The van der Waals surface area contributed by atoms with E-state index in [0.717, 1.165) is 5.56 Å². The molecule has 1 amide bonds. The van der Waals surface area contributed by atoms with E-state index in [9.17, 15) is 14.9 Å². The van der Waals surface area contributed by atoms with Crippen LogP contribution in [0.3, 0.4) is 0 Å². The molecule has 0 unspecified atom stereocenters. The van der Waals surface area contributed by atoms with Crippen molar-refractivity contribution in [2.24, 2.45) is 0 Å². The number of ether oxygens (including phenoxy) is 1. The standard InChI is InChI=1S/C23H18N4O5S/c1-13-7-8-14(22-24-18-12-15(31-2)9-10-20(18)32-22)11-17(13)25-23(33)26-21(28)16-5-3-4-6-19(16)27(29)30/h3-12H,1-2H3,(H2,25,26,28,33). The summed E-state index contributed by atoms with van der Waals surface area (Å²) in [5.41, 5.74) is 3.08. The molecule has 2 N–H and O–H groups in total. The Kier molecular flexibility index (Phi) is 6.01. The van der Waals surface area contributed by atoms with E-state index in [0.29, 0.717) is 34.0 Å². The highest BCUT2D eigenvalue weighted by Gasteiger charge is 2.20. The first kappa shape index (κ1) is 21.9. The van der Waals surface area contributed by atoms with Crippen molar-refractivity contribution in [1.82, 2.24) is 10.3 Å². The molecule has 0 saturated heterocycles. The first-order chi connectivity index (χ1) is 15.9. The Hall–Kier alpha value is -4.31. The predicted octanol–water partition coefficient (Wildman–Crippen LogP) is 4.85. The number of carbonyl (C=O) groups excluding carboxylic acids is 1. The Morgan fingerprint density at radius 3 is 2.70 bits per heavy atom. The van der Waals surface area contributed by atoms with Gasteiger partial charge < -0.3 is 14.5 Å². The van der Waals surface area contributed by atoms with Crippen LogP contribution in [0.1, 0.15) is 15.9 Å². The van der Waals surface area contributed by atoms with Gasteiger partial charge in [0.15, 0.2) is 10.7 Å². The van der Waals surface area contributed by atoms with Crippen molar-refractivity contribution in [1.29, 1.82) is 0 Å². The van der Waals surface area contributed by atoms with Crippen LogP contribution in [0.5, 0.6) is 5.75 Å². The second kappa shape index (κ2) is 9.05. The fourth-order valence-corrected chi connectivity index (χ4v) is 3.40. The highest BCUT2D eigenvalue weighted by molar-refractivity contribution is 7.80. The van der Waals surface area contributed by atoms with E-state index in [2.05, 4.69) is 15.6 Å². The van der Waals surface area contributed by atoms with Crippen molar-refractivity contribution in [3.05, 3.63) is 81.9 Å². The molecule has 10 heteroatoms. The molecule has 0 aliphatic heterocycles. The second-order valence-corrected chi connectivity index (χ2v) is 7.47. The zero-order valence-corrected chi connectivity index (χ0v) is 18.4. The minimum absolute atomic E-state index is 0.000651. The average molecular weight is 462 g/mol. The zero-order valence-electron chi connectivity index (χ0n) is 17.6. The zero-order chi connectivity index (χ0) is 23.5. The molecule has 0 aliphatic carbocycles. The number of anilines is 1. The number of para-hydroxylation sites is 1. The Morgan fingerprint density at radius 1 is 1.15 bits per heavy atom. The molecule has 3 aromatic carbocycles. The van der Waals surface area contributed by atoms with Crippen LogP contribution in [-0.2, 0) is 0 Å².